The molecule has 0 aliphatic rings. The lowest BCUT2D eigenvalue weighted by atomic mass is 10.1. The Balaban J connectivity index is 2.27. The normalized spacial score (nSPS) is 11.1. The van der Waals surface area contributed by atoms with Gasteiger partial charge in [-0.2, -0.15) is 0 Å². The van der Waals surface area contributed by atoms with Gasteiger partial charge in [-0.1, -0.05) is 0 Å². The summed E-state index contributed by atoms with van der Waals surface area (Å²) in [5.41, 5.74) is 2.69. The molecule has 26 heavy (non-hydrogen) atoms. The molecule has 0 bridgehead atoms. The Morgan fingerprint density at radius 3 is 2.38 bits per heavy atom. The fourth-order valence-electron chi connectivity index (χ4n) is 2.94. The summed E-state index contributed by atoms with van der Waals surface area (Å²) in [4.78, 5) is 22.8. The van der Waals surface area contributed by atoms with Gasteiger partial charge in [-0.15, -0.1) is 0 Å². The number of halogens is 1. The van der Waals surface area contributed by atoms with Crippen molar-refractivity contribution in [1.29, 1.82) is 0 Å². The largest absolute Gasteiger partial charge is 0.478 e. The fraction of sp³-hybridized carbons (Fsp3) is 0.250. The zero-order valence-corrected chi connectivity index (χ0v) is 14.9. The third kappa shape index (κ3) is 3.35. The Morgan fingerprint density at radius 1 is 1.12 bits per heavy atom. The van der Waals surface area contributed by atoms with Gasteiger partial charge >= 0.3 is 5.97 Å². The highest BCUT2D eigenvalue weighted by Crippen LogP contribution is 2.31. The molecule has 6 heteroatoms. The van der Waals surface area contributed by atoms with Crippen LogP contribution < -0.4 is 4.90 Å². The highest BCUT2D eigenvalue weighted by molar-refractivity contribution is 5.93. The minimum absolute atomic E-state index is 0.167. The summed E-state index contributed by atoms with van der Waals surface area (Å²) in [5.74, 6) is -0.662. The summed E-state index contributed by atoms with van der Waals surface area (Å²) >= 11 is 0. The molecule has 0 saturated heterocycles. The van der Waals surface area contributed by atoms with E-state index in [0.717, 1.165) is 5.56 Å². The Bertz CT molecular complexity index is 955. The van der Waals surface area contributed by atoms with Gasteiger partial charge in [0.15, 0.2) is 5.82 Å². The number of carboxylic acid groups (broad SMARTS) is 1. The molecule has 0 fully saturated rings. The van der Waals surface area contributed by atoms with E-state index in [4.69, 9.17) is 9.97 Å². The average molecular weight is 353 g/mol. The summed E-state index contributed by atoms with van der Waals surface area (Å²) < 4.78 is 13.3. The van der Waals surface area contributed by atoms with E-state index in [1.807, 2.05) is 6.92 Å². The molecule has 0 unspecified atom stereocenters. The standard InChI is InChI=1S/C20H20FN3O2/c1-4-24(12(2)3)19-18(13-5-8-15(21)9-6-13)22-16-10-7-14(20(25)26)11-17(16)23-19/h5-12H,4H2,1-3H3,(H,25,26). The lowest BCUT2D eigenvalue weighted by Crippen LogP contribution is -2.32. The van der Waals surface area contributed by atoms with Gasteiger partial charge < -0.3 is 10.0 Å². The van der Waals surface area contributed by atoms with Crippen molar-refractivity contribution in [2.75, 3.05) is 11.4 Å². The Morgan fingerprint density at radius 2 is 1.81 bits per heavy atom. The number of aromatic carboxylic acids is 1. The van der Waals surface area contributed by atoms with Crippen LogP contribution in [0.3, 0.4) is 0 Å². The van der Waals surface area contributed by atoms with Gasteiger partial charge in [-0.3, -0.25) is 0 Å². The number of anilines is 1. The van der Waals surface area contributed by atoms with Crippen molar-refractivity contribution in [2.24, 2.45) is 0 Å². The molecule has 2 aromatic carbocycles. The van der Waals surface area contributed by atoms with Crippen LogP contribution in [0.4, 0.5) is 10.2 Å². The number of benzene rings is 2. The lowest BCUT2D eigenvalue weighted by molar-refractivity contribution is 0.0697. The van der Waals surface area contributed by atoms with Crippen LogP contribution in [0.1, 0.15) is 31.1 Å². The van der Waals surface area contributed by atoms with Crippen molar-refractivity contribution in [3.63, 3.8) is 0 Å². The quantitative estimate of drug-likeness (QED) is 0.738. The van der Waals surface area contributed by atoms with Gasteiger partial charge in [-0.05, 0) is 63.2 Å². The summed E-state index contributed by atoms with van der Waals surface area (Å²) in [5, 5.41) is 9.22. The van der Waals surface area contributed by atoms with E-state index in [-0.39, 0.29) is 17.4 Å². The van der Waals surface area contributed by atoms with Crippen molar-refractivity contribution in [1.82, 2.24) is 9.97 Å². The molecule has 1 N–H and O–H groups in total. The van der Waals surface area contributed by atoms with Crippen LogP contribution in [0.2, 0.25) is 0 Å². The van der Waals surface area contributed by atoms with E-state index in [2.05, 4.69) is 18.7 Å². The van der Waals surface area contributed by atoms with E-state index in [1.54, 1.807) is 18.2 Å². The first kappa shape index (κ1) is 17.8. The van der Waals surface area contributed by atoms with Crippen molar-refractivity contribution in [3.05, 3.63) is 53.8 Å². The minimum atomic E-state index is -1.01. The van der Waals surface area contributed by atoms with Gasteiger partial charge in [0.2, 0.25) is 0 Å². The van der Waals surface area contributed by atoms with E-state index in [0.29, 0.717) is 29.1 Å². The van der Waals surface area contributed by atoms with Crippen LogP contribution in [0.5, 0.6) is 0 Å². The zero-order chi connectivity index (χ0) is 18.8. The maximum Gasteiger partial charge on any atom is 0.335 e. The second-order valence-electron chi connectivity index (χ2n) is 6.29. The van der Waals surface area contributed by atoms with Crippen LogP contribution in [0.25, 0.3) is 22.3 Å². The molecular formula is C20H20FN3O2. The maximum absolute atomic E-state index is 13.3. The maximum atomic E-state index is 13.3. The van der Waals surface area contributed by atoms with Gasteiger partial charge in [0.25, 0.3) is 0 Å². The Hall–Kier alpha value is -3.02. The molecule has 3 rings (SSSR count). The molecular weight excluding hydrogens is 333 g/mol. The van der Waals surface area contributed by atoms with Gasteiger partial charge in [-0.25, -0.2) is 19.2 Å². The molecule has 0 radical (unpaired) electrons. The molecule has 3 aromatic rings. The van der Waals surface area contributed by atoms with E-state index >= 15 is 0 Å². The third-order valence-electron chi connectivity index (χ3n) is 4.25. The van der Waals surface area contributed by atoms with Crippen LogP contribution in [-0.2, 0) is 0 Å². The van der Waals surface area contributed by atoms with E-state index in [9.17, 15) is 14.3 Å². The van der Waals surface area contributed by atoms with Crippen molar-refractivity contribution >= 4 is 22.8 Å². The molecule has 5 nitrogen and oxygen atoms in total. The zero-order valence-electron chi connectivity index (χ0n) is 14.9. The first-order valence-corrected chi connectivity index (χ1v) is 8.48. The van der Waals surface area contributed by atoms with Crippen LogP contribution in [0, 0.1) is 5.82 Å². The topological polar surface area (TPSA) is 66.3 Å². The van der Waals surface area contributed by atoms with Crippen molar-refractivity contribution in [3.8, 4) is 11.3 Å². The van der Waals surface area contributed by atoms with Crippen molar-refractivity contribution < 1.29 is 14.3 Å². The SMILES string of the molecule is CCN(c1nc2cc(C(=O)O)ccc2nc1-c1ccc(F)cc1)C(C)C. The molecule has 0 atom stereocenters. The number of fused-ring (bicyclic) bond motifs is 1. The number of aromatic nitrogens is 2. The number of carbonyl (C=O) groups is 1. The van der Waals surface area contributed by atoms with Crippen LogP contribution in [0.15, 0.2) is 42.5 Å². The van der Waals surface area contributed by atoms with E-state index < -0.39 is 5.97 Å². The molecule has 0 aliphatic carbocycles. The summed E-state index contributed by atoms with van der Waals surface area (Å²) in [7, 11) is 0. The summed E-state index contributed by atoms with van der Waals surface area (Å²) in [6.45, 7) is 6.84. The van der Waals surface area contributed by atoms with Crippen LogP contribution >= 0.6 is 0 Å². The number of rotatable bonds is 5. The minimum Gasteiger partial charge on any atom is -0.478 e. The smallest absolute Gasteiger partial charge is 0.335 e. The van der Waals surface area contributed by atoms with Gasteiger partial charge in [0, 0.05) is 18.2 Å². The number of nitrogens with zero attached hydrogens (tertiary/aromatic N) is 3. The van der Waals surface area contributed by atoms with Crippen LogP contribution in [-0.4, -0.2) is 33.6 Å². The third-order valence-corrected chi connectivity index (χ3v) is 4.25. The highest BCUT2D eigenvalue weighted by atomic mass is 19.1. The molecule has 0 aliphatic heterocycles. The van der Waals surface area contributed by atoms with Crippen molar-refractivity contribution in [2.45, 2.75) is 26.8 Å². The fourth-order valence-corrected chi connectivity index (χ4v) is 2.94. The molecule has 134 valence electrons. The average Bonchev–Trinajstić information content (AvgIpc) is 2.61. The van der Waals surface area contributed by atoms with E-state index in [1.165, 1.54) is 24.3 Å². The first-order chi connectivity index (χ1) is 12.4. The number of hydrogen-bond acceptors (Lipinski definition) is 4. The van der Waals surface area contributed by atoms with Gasteiger partial charge in [0.1, 0.15) is 11.5 Å². The lowest BCUT2D eigenvalue weighted by Gasteiger charge is -2.28. The predicted molar refractivity (Wildman–Crippen MR) is 100 cm³/mol. The second-order valence-corrected chi connectivity index (χ2v) is 6.29. The Labute approximate surface area is 151 Å². The molecule has 1 aromatic heterocycles. The van der Waals surface area contributed by atoms with Gasteiger partial charge in [0.05, 0.1) is 16.6 Å². The summed E-state index contributed by atoms with van der Waals surface area (Å²) in [6.07, 6.45) is 0. The first-order valence-electron chi connectivity index (χ1n) is 8.48. The molecule has 1 heterocycles. The molecule has 0 spiro atoms. The molecule has 0 amide bonds. The monoisotopic (exact) mass is 353 g/mol. The molecule has 0 saturated carbocycles. The Kier molecular flexibility index (Phi) is 4.84. The highest BCUT2D eigenvalue weighted by Gasteiger charge is 2.19. The number of hydrogen-bond donors (Lipinski definition) is 1. The number of carboxylic acids is 1. The second kappa shape index (κ2) is 7.07. The summed E-state index contributed by atoms with van der Waals surface area (Å²) in [6, 6.07) is 11.0. The predicted octanol–water partition coefficient (Wildman–Crippen LogP) is 4.37.